The van der Waals surface area contributed by atoms with E-state index in [1.54, 1.807) is 13.8 Å². The van der Waals surface area contributed by atoms with Crippen LogP contribution in [0.3, 0.4) is 0 Å². The normalized spacial score (nSPS) is 16.5. The summed E-state index contributed by atoms with van der Waals surface area (Å²) in [4.78, 5) is 26.1. The highest BCUT2D eigenvalue weighted by molar-refractivity contribution is 6.02. The van der Waals surface area contributed by atoms with Gasteiger partial charge in [0.25, 0.3) is 0 Å². The number of benzene rings is 2. The molecule has 1 atom stereocenters. The van der Waals surface area contributed by atoms with Crippen LogP contribution in [0.25, 0.3) is 0 Å². The van der Waals surface area contributed by atoms with Gasteiger partial charge in [-0.25, -0.2) is 9.18 Å². The van der Waals surface area contributed by atoms with Crippen LogP contribution in [0.15, 0.2) is 36.4 Å². The highest BCUT2D eigenvalue weighted by Gasteiger charge is 2.35. The SMILES string of the molecule is Cc1cc(F)c(NC(=O)NC2CCN(c3cccc(OC(F)(F)F)c3)C2=O)cc1C. The number of hydrogen-bond acceptors (Lipinski definition) is 3. The van der Waals surface area contributed by atoms with Crippen LogP contribution in [-0.4, -0.2) is 30.9 Å². The van der Waals surface area contributed by atoms with E-state index in [2.05, 4.69) is 15.4 Å². The molecule has 1 saturated heterocycles. The molecule has 10 heteroatoms. The Morgan fingerprint density at radius 2 is 1.87 bits per heavy atom. The third-order valence-electron chi connectivity index (χ3n) is 4.71. The minimum absolute atomic E-state index is 0.0186. The Morgan fingerprint density at radius 1 is 1.17 bits per heavy atom. The van der Waals surface area contributed by atoms with E-state index >= 15 is 0 Å². The number of amides is 3. The summed E-state index contributed by atoms with van der Waals surface area (Å²) in [5.41, 5.74) is 1.72. The van der Waals surface area contributed by atoms with E-state index in [4.69, 9.17) is 0 Å². The maximum absolute atomic E-state index is 14.0. The zero-order valence-corrected chi connectivity index (χ0v) is 16.1. The largest absolute Gasteiger partial charge is 0.573 e. The number of alkyl halides is 3. The predicted octanol–water partition coefficient (Wildman–Crippen LogP) is 4.27. The van der Waals surface area contributed by atoms with Gasteiger partial charge < -0.3 is 20.3 Å². The van der Waals surface area contributed by atoms with Gasteiger partial charge in [0.2, 0.25) is 5.91 Å². The molecule has 0 aliphatic carbocycles. The van der Waals surface area contributed by atoms with Gasteiger partial charge in [-0.05, 0) is 55.7 Å². The number of halogens is 4. The van der Waals surface area contributed by atoms with Crippen LogP contribution in [0.2, 0.25) is 0 Å². The van der Waals surface area contributed by atoms with Gasteiger partial charge in [-0.1, -0.05) is 6.07 Å². The Kier molecular flexibility index (Phi) is 5.86. The molecular formula is C20H19F4N3O3. The number of aryl methyl sites for hydroxylation is 2. The van der Waals surface area contributed by atoms with Gasteiger partial charge in [0.15, 0.2) is 0 Å². The smallest absolute Gasteiger partial charge is 0.406 e. The number of urea groups is 1. The molecule has 30 heavy (non-hydrogen) atoms. The number of carbonyl (C=O) groups is 2. The third kappa shape index (κ3) is 5.00. The molecule has 2 aromatic rings. The van der Waals surface area contributed by atoms with Crippen LogP contribution in [0, 0.1) is 19.7 Å². The van der Waals surface area contributed by atoms with E-state index in [-0.39, 0.29) is 24.3 Å². The summed E-state index contributed by atoms with van der Waals surface area (Å²) in [6.45, 7) is 3.70. The first-order chi connectivity index (χ1) is 14.0. The monoisotopic (exact) mass is 425 g/mol. The summed E-state index contributed by atoms with van der Waals surface area (Å²) in [7, 11) is 0. The lowest BCUT2D eigenvalue weighted by molar-refractivity contribution is -0.274. The van der Waals surface area contributed by atoms with Crippen LogP contribution in [-0.2, 0) is 4.79 Å². The van der Waals surface area contributed by atoms with E-state index in [9.17, 15) is 27.2 Å². The number of nitrogens with one attached hydrogen (secondary N) is 2. The Balaban J connectivity index is 1.65. The second-order valence-electron chi connectivity index (χ2n) is 6.89. The second kappa shape index (κ2) is 8.21. The Labute approximate surface area is 169 Å². The van der Waals surface area contributed by atoms with Gasteiger partial charge in [-0.3, -0.25) is 4.79 Å². The first-order valence-corrected chi connectivity index (χ1v) is 9.05. The van der Waals surface area contributed by atoms with Crippen molar-refractivity contribution in [1.29, 1.82) is 0 Å². The molecule has 0 radical (unpaired) electrons. The van der Waals surface area contributed by atoms with E-state index in [0.29, 0.717) is 0 Å². The number of ether oxygens (including phenoxy) is 1. The van der Waals surface area contributed by atoms with Crippen molar-refractivity contribution >= 4 is 23.3 Å². The molecule has 0 saturated carbocycles. The molecule has 1 fully saturated rings. The first kappa shape index (κ1) is 21.4. The molecule has 3 rings (SSSR count). The number of carbonyl (C=O) groups excluding carboxylic acids is 2. The Hall–Kier alpha value is -3.30. The molecule has 1 unspecified atom stereocenters. The molecule has 1 heterocycles. The van der Waals surface area contributed by atoms with Gasteiger partial charge >= 0.3 is 12.4 Å². The van der Waals surface area contributed by atoms with Crippen molar-refractivity contribution in [2.75, 3.05) is 16.8 Å². The molecule has 3 amide bonds. The fourth-order valence-corrected chi connectivity index (χ4v) is 3.11. The van der Waals surface area contributed by atoms with E-state index in [1.165, 1.54) is 29.2 Å². The standard InChI is InChI=1S/C20H19F4N3O3/c1-11-8-15(21)17(9-12(11)2)26-19(29)25-16-6-7-27(18(16)28)13-4-3-5-14(10-13)30-20(22,23)24/h3-5,8-10,16H,6-7H2,1-2H3,(H2,25,26,29). The van der Waals surface area contributed by atoms with Crippen molar-refractivity contribution in [3.8, 4) is 5.75 Å². The van der Waals surface area contributed by atoms with Crippen LogP contribution >= 0.6 is 0 Å². The predicted molar refractivity (Wildman–Crippen MR) is 102 cm³/mol. The molecule has 6 nitrogen and oxygen atoms in total. The number of rotatable bonds is 4. The van der Waals surface area contributed by atoms with E-state index in [1.807, 2.05) is 0 Å². The lowest BCUT2D eigenvalue weighted by Gasteiger charge is -2.19. The number of hydrogen-bond donors (Lipinski definition) is 2. The molecule has 0 spiro atoms. The molecule has 2 N–H and O–H groups in total. The zero-order chi connectivity index (χ0) is 22.1. The summed E-state index contributed by atoms with van der Waals surface area (Å²) < 4.78 is 55.1. The maximum atomic E-state index is 14.0. The first-order valence-electron chi connectivity index (χ1n) is 9.05. The van der Waals surface area contributed by atoms with Gasteiger partial charge in [0.05, 0.1) is 5.69 Å². The molecule has 0 aromatic heterocycles. The highest BCUT2D eigenvalue weighted by Crippen LogP contribution is 2.29. The summed E-state index contributed by atoms with van der Waals surface area (Å²) in [6.07, 6.45) is -4.61. The molecular weight excluding hydrogens is 406 g/mol. The molecule has 160 valence electrons. The van der Waals surface area contributed by atoms with Crippen molar-refractivity contribution < 1.29 is 31.9 Å². The van der Waals surface area contributed by atoms with Crippen LogP contribution in [0.4, 0.5) is 33.7 Å². The Bertz CT molecular complexity index is 978. The summed E-state index contributed by atoms with van der Waals surface area (Å²) in [5, 5.41) is 4.85. The summed E-state index contributed by atoms with van der Waals surface area (Å²) in [6, 6.07) is 6.14. The number of anilines is 2. The minimum atomic E-state index is -4.85. The second-order valence-corrected chi connectivity index (χ2v) is 6.89. The van der Waals surface area contributed by atoms with Gasteiger partial charge in [0, 0.05) is 18.3 Å². The lowest BCUT2D eigenvalue weighted by Crippen LogP contribution is -2.43. The molecule has 1 aliphatic heterocycles. The average Bonchev–Trinajstić information content (AvgIpc) is 2.99. The molecule has 2 aromatic carbocycles. The lowest BCUT2D eigenvalue weighted by atomic mass is 10.1. The third-order valence-corrected chi connectivity index (χ3v) is 4.71. The van der Waals surface area contributed by atoms with E-state index in [0.717, 1.165) is 23.3 Å². The van der Waals surface area contributed by atoms with Crippen molar-refractivity contribution in [3.63, 3.8) is 0 Å². The van der Waals surface area contributed by atoms with Gasteiger partial charge in [-0.15, -0.1) is 13.2 Å². The van der Waals surface area contributed by atoms with Crippen LogP contribution in [0.1, 0.15) is 17.5 Å². The van der Waals surface area contributed by atoms with Gasteiger partial charge in [-0.2, -0.15) is 0 Å². The Morgan fingerprint density at radius 3 is 2.57 bits per heavy atom. The topological polar surface area (TPSA) is 70.7 Å². The van der Waals surface area contributed by atoms with Crippen LogP contribution in [0.5, 0.6) is 5.75 Å². The summed E-state index contributed by atoms with van der Waals surface area (Å²) in [5.74, 6) is -1.55. The highest BCUT2D eigenvalue weighted by atomic mass is 19.4. The van der Waals surface area contributed by atoms with Crippen molar-refractivity contribution in [3.05, 3.63) is 53.3 Å². The fourth-order valence-electron chi connectivity index (χ4n) is 3.11. The van der Waals surface area contributed by atoms with Crippen molar-refractivity contribution in [1.82, 2.24) is 5.32 Å². The minimum Gasteiger partial charge on any atom is -0.406 e. The quantitative estimate of drug-likeness (QED) is 0.719. The van der Waals surface area contributed by atoms with Crippen molar-refractivity contribution in [2.45, 2.75) is 32.7 Å². The van der Waals surface area contributed by atoms with E-state index < -0.39 is 35.9 Å². The molecule has 1 aliphatic rings. The van der Waals surface area contributed by atoms with Gasteiger partial charge in [0.1, 0.15) is 17.6 Å². The molecule has 0 bridgehead atoms. The van der Waals surface area contributed by atoms with Crippen LogP contribution < -0.4 is 20.3 Å². The fraction of sp³-hybridized carbons (Fsp3) is 0.300. The maximum Gasteiger partial charge on any atom is 0.573 e. The average molecular weight is 425 g/mol. The number of nitrogens with zero attached hydrogens (tertiary/aromatic N) is 1. The summed E-state index contributed by atoms with van der Waals surface area (Å²) >= 11 is 0. The zero-order valence-electron chi connectivity index (χ0n) is 16.1. The van der Waals surface area contributed by atoms with Crippen molar-refractivity contribution in [2.24, 2.45) is 0 Å².